The molecule has 0 spiro atoms. The number of nitrogens with one attached hydrogen (secondary N) is 3. The van der Waals surface area contributed by atoms with Gasteiger partial charge in [-0.2, -0.15) is 0 Å². The summed E-state index contributed by atoms with van der Waals surface area (Å²) in [6, 6.07) is 14.5. The number of hydrogen-bond acceptors (Lipinski definition) is 8. The standard InChI is InChI=1S/C31H32N6O5/c1-3-36-13-10-19(11-14-36)37-30(40)22-15-25-26(16-23(22)31(37)41-2)35-28(34-25)27-24(9-12-32-29(27)39)33-17-20(38)18-42-21-7-5-4-6-8-21/h3-9,12,15-16,19,31H,1,10-11,13-14,17-18H2,2H3,(H,34,35)(H2,32,33,39). The summed E-state index contributed by atoms with van der Waals surface area (Å²) in [6.07, 6.45) is 4.50. The molecule has 2 aromatic carbocycles. The Morgan fingerprint density at radius 2 is 1.95 bits per heavy atom. The van der Waals surface area contributed by atoms with Crippen molar-refractivity contribution in [3.63, 3.8) is 0 Å². The number of hydrogen-bond donors (Lipinski definition) is 3. The minimum absolute atomic E-state index is 0.0383. The predicted molar refractivity (Wildman–Crippen MR) is 158 cm³/mol. The SMILES string of the molecule is C=CN1CCC(N2C(=O)c3cc4nc(-c5c(NCC(=O)COc6ccccc6)cc[nH]c5=O)[nH]c4cc3C2OC)CC1. The number of ketones is 1. The van der Waals surface area contributed by atoms with Crippen LogP contribution < -0.4 is 15.6 Å². The Morgan fingerprint density at radius 3 is 2.69 bits per heavy atom. The van der Waals surface area contributed by atoms with Gasteiger partial charge < -0.3 is 34.6 Å². The lowest BCUT2D eigenvalue weighted by Crippen LogP contribution is -2.45. The molecule has 216 valence electrons. The van der Waals surface area contributed by atoms with Gasteiger partial charge in [-0.1, -0.05) is 24.8 Å². The zero-order chi connectivity index (χ0) is 29.2. The summed E-state index contributed by atoms with van der Waals surface area (Å²) in [7, 11) is 1.61. The monoisotopic (exact) mass is 568 g/mol. The van der Waals surface area contributed by atoms with Crippen LogP contribution in [0.5, 0.6) is 5.75 Å². The van der Waals surface area contributed by atoms with Crippen LogP contribution in [0, 0.1) is 0 Å². The van der Waals surface area contributed by atoms with Gasteiger partial charge in [0.25, 0.3) is 11.5 Å². The Kier molecular flexibility index (Phi) is 7.49. The van der Waals surface area contributed by atoms with E-state index in [0.29, 0.717) is 33.9 Å². The van der Waals surface area contributed by atoms with Gasteiger partial charge in [0.1, 0.15) is 23.7 Å². The second-order valence-corrected chi connectivity index (χ2v) is 10.4. The van der Waals surface area contributed by atoms with Crippen molar-refractivity contribution in [2.24, 2.45) is 0 Å². The third kappa shape index (κ3) is 5.14. The zero-order valence-corrected chi connectivity index (χ0v) is 23.3. The van der Waals surface area contributed by atoms with E-state index in [9.17, 15) is 14.4 Å². The average molecular weight is 569 g/mol. The van der Waals surface area contributed by atoms with Gasteiger partial charge in [0, 0.05) is 43.6 Å². The van der Waals surface area contributed by atoms with Crippen molar-refractivity contribution in [3.05, 3.63) is 89.0 Å². The van der Waals surface area contributed by atoms with Gasteiger partial charge in [-0.3, -0.25) is 14.4 Å². The first-order valence-electron chi connectivity index (χ1n) is 13.9. The molecule has 1 saturated heterocycles. The number of fused-ring (bicyclic) bond motifs is 2. The van der Waals surface area contributed by atoms with Gasteiger partial charge in [-0.05, 0) is 49.4 Å². The number of methoxy groups -OCH3 is 1. The number of rotatable bonds is 10. The highest BCUT2D eigenvalue weighted by atomic mass is 16.5. The summed E-state index contributed by atoms with van der Waals surface area (Å²) < 4.78 is 11.4. The van der Waals surface area contributed by atoms with Crippen molar-refractivity contribution < 1.29 is 19.1 Å². The lowest BCUT2D eigenvalue weighted by molar-refractivity contribution is -0.119. The topological polar surface area (TPSA) is 133 Å². The number of aromatic amines is 2. The van der Waals surface area contributed by atoms with Gasteiger partial charge in [0.2, 0.25) is 0 Å². The molecule has 1 amide bonds. The number of carbonyl (C=O) groups excluding carboxylic acids is 2. The fourth-order valence-corrected chi connectivity index (χ4v) is 5.71. The van der Waals surface area contributed by atoms with E-state index in [2.05, 4.69) is 31.7 Å². The first-order chi connectivity index (χ1) is 20.5. The number of likely N-dealkylation sites (tertiary alicyclic amines) is 1. The molecular weight excluding hydrogens is 536 g/mol. The number of para-hydroxylation sites is 1. The van der Waals surface area contributed by atoms with Crippen LogP contribution in [0.4, 0.5) is 5.69 Å². The highest BCUT2D eigenvalue weighted by Crippen LogP contribution is 2.40. The first-order valence-corrected chi connectivity index (χ1v) is 13.9. The van der Waals surface area contributed by atoms with Crippen LogP contribution >= 0.6 is 0 Å². The molecule has 2 aliphatic rings. The number of carbonyl (C=O) groups is 2. The van der Waals surface area contributed by atoms with Crippen molar-refractivity contribution in [2.45, 2.75) is 25.1 Å². The number of piperidine rings is 1. The van der Waals surface area contributed by atoms with Gasteiger partial charge >= 0.3 is 0 Å². The largest absolute Gasteiger partial charge is 0.486 e. The Hall–Kier alpha value is -4.90. The van der Waals surface area contributed by atoms with Crippen molar-refractivity contribution in [1.29, 1.82) is 0 Å². The molecule has 1 unspecified atom stereocenters. The number of imidazole rings is 1. The van der Waals surface area contributed by atoms with Gasteiger partial charge in [-0.15, -0.1) is 0 Å². The molecule has 0 aliphatic carbocycles. The molecule has 1 fully saturated rings. The van der Waals surface area contributed by atoms with Gasteiger partial charge in [0.15, 0.2) is 12.0 Å². The molecule has 0 bridgehead atoms. The highest BCUT2D eigenvalue weighted by Gasteiger charge is 2.42. The molecule has 0 saturated carbocycles. The highest BCUT2D eigenvalue weighted by molar-refractivity contribution is 6.02. The van der Waals surface area contributed by atoms with Crippen LogP contribution in [0.25, 0.3) is 22.4 Å². The number of aromatic nitrogens is 3. The molecule has 2 aliphatic heterocycles. The molecule has 11 nitrogen and oxygen atoms in total. The van der Waals surface area contributed by atoms with Crippen LogP contribution in [0.2, 0.25) is 0 Å². The van der Waals surface area contributed by atoms with E-state index >= 15 is 0 Å². The van der Waals surface area contributed by atoms with Crippen LogP contribution in [-0.4, -0.2) is 75.8 Å². The molecule has 1 atom stereocenters. The van der Waals surface area contributed by atoms with Crippen LogP contribution in [-0.2, 0) is 9.53 Å². The third-order valence-electron chi connectivity index (χ3n) is 7.83. The maximum absolute atomic E-state index is 13.6. The minimum Gasteiger partial charge on any atom is -0.486 e. The molecule has 4 heterocycles. The Labute approximate surface area is 242 Å². The molecule has 2 aromatic heterocycles. The van der Waals surface area contributed by atoms with E-state index in [-0.39, 0.29) is 42.0 Å². The van der Waals surface area contributed by atoms with Crippen molar-refractivity contribution in [2.75, 3.05) is 38.7 Å². The smallest absolute Gasteiger partial charge is 0.261 e. The number of H-pyrrole nitrogens is 2. The summed E-state index contributed by atoms with van der Waals surface area (Å²) in [5.74, 6) is 0.653. The van der Waals surface area contributed by atoms with E-state index in [1.807, 2.05) is 35.4 Å². The summed E-state index contributed by atoms with van der Waals surface area (Å²) >= 11 is 0. The number of anilines is 1. The summed E-state index contributed by atoms with van der Waals surface area (Å²) in [5, 5.41) is 3.05. The summed E-state index contributed by atoms with van der Waals surface area (Å²) in [4.78, 5) is 53.6. The lowest BCUT2D eigenvalue weighted by Gasteiger charge is -2.38. The maximum atomic E-state index is 13.6. The number of benzene rings is 2. The molecule has 0 radical (unpaired) electrons. The van der Waals surface area contributed by atoms with Gasteiger partial charge in [-0.25, -0.2) is 4.98 Å². The first kappa shape index (κ1) is 27.3. The Bertz CT molecular complexity index is 1690. The number of nitrogens with zero attached hydrogens (tertiary/aromatic N) is 3. The van der Waals surface area contributed by atoms with E-state index in [1.165, 1.54) is 6.20 Å². The van der Waals surface area contributed by atoms with Crippen LogP contribution in [0.3, 0.4) is 0 Å². The summed E-state index contributed by atoms with van der Waals surface area (Å²) in [6.45, 7) is 5.38. The number of ether oxygens (including phenoxy) is 2. The molecule has 6 rings (SSSR count). The van der Waals surface area contributed by atoms with Crippen LogP contribution in [0.1, 0.15) is 35.0 Å². The van der Waals surface area contributed by atoms with E-state index in [1.54, 1.807) is 31.4 Å². The number of Topliss-reactive ketones (excluding diaryl/α,β-unsaturated/α-hetero) is 1. The molecular formula is C31H32N6O5. The predicted octanol–water partition coefficient (Wildman–Crippen LogP) is 3.69. The molecule has 11 heteroatoms. The number of amides is 1. The fraction of sp³-hybridized carbons (Fsp3) is 0.290. The second kappa shape index (κ2) is 11.5. The zero-order valence-electron chi connectivity index (χ0n) is 23.3. The molecule has 3 N–H and O–H groups in total. The quantitative estimate of drug-likeness (QED) is 0.264. The summed E-state index contributed by atoms with van der Waals surface area (Å²) in [5.41, 5.74) is 2.86. The van der Waals surface area contributed by atoms with Crippen molar-refractivity contribution in [1.82, 2.24) is 24.8 Å². The minimum atomic E-state index is -0.509. The molecule has 42 heavy (non-hydrogen) atoms. The second-order valence-electron chi connectivity index (χ2n) is 10.4. The van der Waals surface area contributed by atoms with E-state index in [4.69, 9.17) is 9.47 Å². The Balaban J connectivity index is 1.23. The number of pyridine rings is 1. The average Bonchev–Trinajstić information content (AvgIpc) is 3.55. The van der Waals surface area contributed by atoms with E-state index in [0.717, 1.165) is 31.5 Å². The van der Waals surface area contributed by atoms with Crippen LogP contribution in [0.15, 0.2) is 72.3 Å². The van der Waals surface area contributed by atoms with Crippen molar-refractivity contribution >= 4 is 28.4 Å². The van der Waals surface area contributed by atoms with Crippen molar-refractivity contribution in [3.8, 4) is 17.1 Å². The lowest BCUT2D eigenvalue weighted by atomic mass is 10.0. The molecule has 4 aromatic rings. The van der Waals surface area contributed by atoms with Gasteiger partial charge in [0.05, 0.1) is 23.3 Å². The Morgan fingerprint density at radius 1 is 1.17 bits per heavy atom. The third-order valence-corrected chi connectivity index (χ3v) is 7.83. The van der Waals surface area contributed by atoms with E-state index < -0.39 is 6.23 Å². The normalized spacial score (nSPS) is 17.0. The fourth-order valence-electron chi connectivity index (χ4n) is 5.71. The maximum Gasteiger partial charge on any atom is 0.261 e.